The molecule has 1 aromatic rings. The molecule has 0 bridgehead atoms. The number of likely N-dealkylation sites (N-methyl/N-ethyl adjacent to an activating group) is 1. The molecule has 0 spiro atoms. The Bertz CT molecular complexity index is 580. The Hall–Kier alpha value is -1.34. The molecule has 2 atom stereocenters. The molecular weight excluding hydrogens is 364 g/mol. The maximum Gasteiger partial charge on any atom is 0.243 e. The molecule has 0 saturated heterocycles. The first-order valence-corrected chi connectivity index (χ1v) is 11.3. The molecule has 1 aliphatic carbocycles. The zero-order chi connectivity index (χ0) is 18.8. The molecule has 1 amide bonds. The Morgan fingerprint density at radius 3 is 2.69 bits per heavy atom. The maximum atomic E-state index is 11.9. The highest BCUT2D eigenvalue weighted by molar-refractivity contribution is 7.99. The first-order chi connectivity index (χ1) is 12.6. The average molecular weight is 395 g/mol. The summed E-state index contributed by atoms with van der Waals surface area (Å²) < 4.78 is 0. The van der Waals surface area contributed by atoms with Crippen LogP contribution in [0.25, 0.3) is 0 Å². The standard InChI is InChI=1S/C19H30N4OS2/c1-23(2)18(24)14-21-19(22-15-9-10-17(13-15)25-3)20-11-12-26-16-7-5-4-6-8-16/h4-8,15,17H,9-14H2,1-3H3,(H2,20,21,22). The molecule has 5 nitrogen and oxygen atoms in total. The normalized spacial score (nSPS) is 20.0. The summed E-state index contributed by atoms with van der Waals surface area (Å²) in [5.74, 6) is 1.71. The van der Waals surface area contributed by atoms with E-state index in [1.165, 1.54) is 11.3 Å². The average Bonchev–Trinajstić information content (AvgIpc) is 3.11. The summed E-state index contributed by atoms with van der Waals surface area (Å²) in [6.07, 6.45) is 5.73. The zero-order valence-electron chi connectivity index (χ0n) is 15.9. The Morgan fingerprint density at radius 1 is 1.27 bits per heavy atom. The van der Waals surface area contributed by atoms with Gasteiger partial charge in [-0.15, -0.1) is 11.8 Å². The first kappa shape index (κ1) is 21.0. The van der Waals surface area contributed by atoms with Gasteiger partial charge in [-0.05, 0) is 37.7 Å². The molecule has 0 radical (unpaired) electrons. The van der Waals surface area contributed by atoms with Gasteiger partial charge in [0.05, 0.1) is 0 Å². The van der Waals surface area contributed by atoms with Crippen LogP contribution in [0.4, 0.5) is 0 Å². The predicted octanol–water partition coefficient (Wildman–Crippen LogP) is 2.69. The number of guanidine groups is 1. The number of nitrogens with one attached hydrogen (secondary N) is 2. The van der Waals surface area contributed by atoms with Gasteiger partial charge in [-0.3, -0.25) is 4.79 Å². The van der Waals surface area contributed by atoms with Crippen molar-refractivity contribution in [3.8, 4) is 0 Å². The lowest BCUT2D eigenvalue weighted by molar-refractivity contribution is -0.127. The minimum absolute atomic E-state index is 0.0122. The smallest absolute Gasteiger partial charge is 0.243 e. The van der Waals surface area contributed by atoms with Crippen LogP contribution < -0.4 is 10.6 Å². The number of aliphatic imine (C=N–C) groups is 1. The topological polar surface area (TPSA) is 56.7 Å². The lowest BCUT2D eigenvalue weighted by Crippen LogP contribution is -2.44. The third-order valence-electron chi connectivity index (χ3n) is 4.34. The largest absolute Gasteiger partial charge is 0.356 e. The van der Waals surface area contributed by atoms with Crippen molar-refractivity contribution >= 4 is 35.4 Å². The number of hydrogen-bond acceptors (Lipinski definition) is 4. The van der Waals surface area contributed by atoms with Gasteiger partial charge in [-0.1, -0.05) is 18.2 Å². The van der Waals surface area contributed by atoms with Crippen LogP contribution in [0.1, 0.15) is 19.3 Å². The van der Waals surface area contributed by atoms with Gasteiger partial charge in [0.25, 0.3) is 0 Å². The summed E-state index contributed by atoms with van der Waals surface area (Å²) in [7, 11) is 3.52. The van der Waals surface area contributed by atoms with E-state index in [1.54, 1.807) is 19.0 Å². The number of carbonyl (C=O) groups excluding carboxylic acids is 1. The summed E-state index contributed by atoms with van der Waals surface area (Å²) in [5.41, 5.74) is 0. The number of thioether (sulfide) groups is 2. The van der Waals surface area contributed by atoms with Crippen molar-refractivity contribution in [3.63, 3.8) is 0 Å². The van der Waals surface area contributed by atoms with E-state index in [1.807, 2.05) is 29.6 Å². The Kier molecular flexibility index (Phi) is 9.18. The fraction of sp³-hybridized carbons (Fsp3) is 0.579. The SMILES string of the molecule is CSC1CCC(NC(=NCC(=O)N(C)C)NCCSc2ccccc2)C1. The van der Waals surface area contributed by atoms with Gasteiger partial charge in [0.15, 0.2) is 5.96 Å². The minimum Gasteiger partial charge on any atom is -0.356 e. The molecule has 2 N–H and O–H groups in total. The monoisotopic (exact) mass is 394 g/mol. The van der Waals surface area contributed by atoms with E-state index < -0.39 is 0 Å². The quantitative estimate of drug-likeness (QED) is 0.307. The molecule has 0 aromatic heterocycles. The molecule has 0 aliphatic heterocycles. The second kappa shape index (κ2) is 11.4. The minimum atomic E-state index is 0.0122. The number of nitrogens with zero attached hydrogens (tertiary/aromatic N) is 2. The fourth-order valence-electron chi connectivity index (χ4n) is 2.77. The Balaban J connectivity index is 1.83. The highest BCUT2D eigenvalue weighted by Crippen LogP contribution is 2.28. The number of rotatable bonds is 8. The van der Waals surface area contributed by atoms with Crippen molar-refractivity contribution in [1.29, 1.82) is 0 Å². The van der Waals surface area contributed by atoms with Crippen LogP contribution in [0, 0.1) is 0 Å². The van der Waals surface area contributed by atoms with Crippen molar-refractivity contribution in [1.82, 2.24) is 15.5 Å². The van der Waals surface area contributed by atoms with Gasteiger partial charge in [-0.2, -0.15) is 11.8 Å². The molecule has 0 heterocycles. The molecule has 1 fully saturated rings. The van der Waals surface area contributed by atoms with Gasteiger partial charge >= 0.3 is 0 Å². The lowest BCUT2D eigenvalue weighted by Gasteiger charge is -2.18. The molecule has 2 unspecified atom stereocenters. The molecule has 1 aliphatic rings. The van der Waals surface area contributed by atoms with Crippen molar-refractivity contribution in [2.75, 3.05) is 39.2 Å². The summed E-state index contributed by atoms with van der Waals surface area (Å²) in [6.45, 7) is 0.979. The maximum absolute atomic E-state index is 11.9. The molecular formula is C19H30N4OS2. The second-order valence-corrected chi connectivity index (χ2v) is 8.86. The van der Waals surface area contributed by atoms with Crippen molar-refractivity contribution < 1.29 is 4.79 Å². The third kappa shape index (κ3) is 7.50. The van der Waals surface area contributed by atoms with E-state index in [0.717, 1.165) is 36.3 Å². The summed E-state index contributed by atoms with van der Waals surface area (Å²) >= 11 is 3.75. The summed E-state index contributed by atoms with van der Waals surface area (Å²) in [5, 5.41) is 7.63. The van der Waals surface area contributed by atoms with Crippen LogP contribution in [0.3, 0.4) is 0 Å². The van der Waals surface area contributed by atoms with Crippen LogP contribution in [-0.2, 0) is 4.79 Å². The molecule has 2 rings (SSSR count). The molecule has 144 valence electrons. The van der Waals surface area contributed by atoms with Crippen molar-refractivity contribution in [2.24, 2.45) is 4.99 Å². The van der Waals surface area contributed by atoms with Crippen LogP contribution in [0.2, 0.25) is 0 Å². The molecule has 26 heavy (non-hydrogen) atoms. The Labute approximate surface area is 165 Å². The van der Waals surface area contributed by atoms with Gasteiger partial charge < -0.3 is 15.5 Å². The number of hydrogen-bond donors (Lipinski definition) is 2. The predicted molar refractivity (Wildman–Crippen MR) is 114 cm³/mol. The molecule has 1 saturated carbocycles. The van der Waals surface area contributed by atoms with Gasteiger partial charge in [0, 0.05) is 42.6 Å². The van der Waals surface area contributed by atoms with Gasteiger partial charge in [-0.25, -0.2) is 4.99 Å². The van der Waals surface area contributed by atoms with E-state index in [9.17, 15) is 4.79 Å². The van der Waals surface area contributed by atoms with E-state index in [2.05, 4.69) is 46.1 Å². The zero-order valence-corrected chi connectivity index (χ0v) is 17.5. The summed E-state index contributed by atoms with van der Waals surface area (Å²) in [6, 6.07) is 10.8. The third-order valence-corrected chi connectivity index (χ3v) is 6.44. The van der Waals surface area contributed by atoms with Crippen LogP contribution in [0.15, 0.2) is 40.2 Å². The number of amides is 1. The summed E-state index contributed by atoms with van der Waals surface area (Å²) in [4.78, 5) is 19.2. The second-order valence-electron chi connectivity index (χ2n) is 6.55. The fourth-order valence-corrected chi connectivity index (χ4v) is 4.36. The van der Waals surface area contributed by atoms with Crippen molar-refractivity contribution in [3.05, 3.63) is 30.3 Å². The van der Waals surface area contributed by atoms with E-state index >= 15 is 0 Å². The highest BCUT2D eigenvalue weighted by atomic mass is 32.2. The lowest BCUT2D eigenvalue weighted by atomic mass is 10.2. The van der Waals surface area contributed by atoms with Crippen LogP contribution >= 0.6 is 23.5 Å². The first-order valence-electron chi connectivity index (χ1n) is 9.04. The molecule has 1 aromatic carbocycles. The Morgan fingerprint density at radius 2 is 2.04 bits per heavy atom. The highest BCUT2D eigenvalue weighted by Gasteiger charge is 2.24. The van der Waals surface area contributed by atoms with E-state index in [-0.39, 0.29) is 12.5 Å². The van der Waals surface area contributed by atoms with Crippen LogP contribution in [-0.4, -0.2) is 67.3 Å². The van der Waals surface area contributed by atoms with Crippen LogP contribution in [0.5, 0.6) is 0 Å². The van der Waals surface area contributed by atoms with Gasteiger partial charge in [0.1, 0.15) is 6.54 Å². The number of carbonyl (C=O) groups is 1. The van der Waals surface area contributed by atoms with Gasteiger partial charge in [0.2, 0.25) is 5.91 Å². The number of benzene rings is 1. The molecule has 7 heteroatoms. The van der Waals surface area contributed by atoms with Crippen molar-refractivity contribution in [2.45, 2.75) is 35.4 Å². The van der Waals surface area contributed by atoms with E-state index in [4.69, 9.17) is 0 Å². The van der Waals surface area contributed by atoms with E-state index in [0.29, 0.717) is 6.04 Å².